The highest BCUT2D eigenvalue weighted by atomic mass is 16.3. The molecule has 0 bridgehead atoms. The summed E-state index contributed by atoms with van der Waals surface area (Å²) in [6, 6.07) is 0. The van der Waals surface area contributed by atoms with E-state index in [0.29, 0.717) is 0 Å². The van der Waals surface area contributed by atoms with Crippen LogP contribution >= 0.6 is 0 Å². The van der Waals surface area contributed by atoms with Crippen molar-refractivity contribution in [2.45, 2.75) is 6.92 Å². The average molecular weight is 228 g/mol. The smallest absolute Gasteiger partial charge is 0.170 e. The van der Waals surface area contributed by atoms with Crippen molar-refractivity contribution in [1.82, 2.24) is 0 Å². The molecule has 1 N–H and O–H groups in total. The molecule has 0 saturated heterocycles. The largest absolute Gasteiger partial charge is 0.508 e. The van der Waals surface area contributed by atoms with E-state index in [1.807, 2.05) is 6.08 Å². The molecule has 0 radical (unpaired) electrons. The van der Waals surface area contributed by atoms with Crippen LogP contribution in [-0.4, -0.2) is 16.7 Å². The Morgan fingerprint density at radius 1 is 1.35 bits per heavy atom. The van der Waals surface area contributed by atoms with E-state index in [4.69, 9.17) is 0 Å². The van der Waals surface area contributed by atoms with Crippen LogP contribution in [0.4, 0.5) is 0 Å². The van der Waals surface area contributed by atoms with Crippen LogP contribution in [0.1, 0.15) is 6.92 Å². The summed E-state index contributed by atoms with van der Waals surface area (Å²) in [7, 11) is 0. The first-order chi connectivity index (χ1) is 8.06. The zero-order chi connectivity index (χ0) is 12.4. The molecule has 0 aromatic rings. The van der Waals surface area contributed by atoms with Crippen molar-refractivity contribution < 1.29 is 14.7 Å². The van der Waals surface area contributed by atoms with Gasteiger partial charge in [0, 0.05) is 6.08 Å². The van der Waals surface area contributed by atoms with Gasteiger partial charge in [-0.05, 0) is 30.2 Å². The minimum absolute atomic E-state index is 0.0120. The van der Waals surface area contributed by atoms with Crippen LogP contribution in [0.2, 0.25) is 0 Å². The lowest BCUT2D eigenvalue weighted by Crippen LogP contribution is -2.18. The Morgan fingerprint density at radius 2 is 2.12 bits per heavy atom. The topological polar surface area (TPSA) is 54.4 Å². The quantitative estimate of drug-likeness (QED) is 0.737. The number of hydrogen-bond acceptors (Lipinski definition) is 3. The maximum Gasteiger partial charge on any atom is 0.170 e. The normalized spacial score (nSPS) is 23.0. The molecule has 2 aliphatic carbocycles. The fraction of sp³-hybridized carbons (Fsp3) is 0.143. The minimum atomic E-state index is -0.345. The predicted octanol–water partition coefficient (Wildman–Crippen LogP) is 2.20. The summed E-state index contributed by atoms with van der Waals surface area (Å²) in [5, 5.41) is 9.31. The van der Waals surface area contributed by atoms with Crippen molar-refractivity contribution in [3.05, 3.63) is 59.4 Å². The molecule has 0 heterocycles. The average Bonchev–Trinajstić information content (AvgIpc) is 2.26. The van der Waals surface area contributed by atoms with Crippen molar-refractivity contribution in [1.29, 1.82) is 0 Å². The van der Waals surface area contributed by atoms with Crippen LogP contribution in [0.3, 0.4) is 0 Å². The second-order valence-corrected chi connectivity index (χ2v) is 4.04. The highest BCUT2D eigenvalue weighted by Crippen LogP contribution is 2.28. The number of carbonyl (C=O) groups is 2. The van der Waals surface area contributed by atoms with E-state index < -0.39 is 0 Å². The molecule has 0 spiro atoms. The minimum Gasteiger partial charge on any atom is -0.508 e. The molecule has 0 fully saturated rings. The highest BCUT2D eigenvalue weighted by molar-refractivity contribution is 5.98. The Hall–Kier alpha value is -2.16. The van der Waals surface area contributed by atoms with E-state index in [0.717, 1.165) is 11.1 Å². The number of fused-ring (bicyclic) bond motifs is 1. The third-order valence-electron chi connectivity index (χ3n) is 2.61. The number of aliphatic hydroxyl groups is 1. The molecule has 0 aliphatic heterocycles. The molecule has 0 aromatic heterocycles. The van der Waals surface area contributed by atoms with Crippen LogP contribution in [0.25, 0.3) is 0 Å². The first kappa shape index (κ1) is 11.3. The van der Waals surface area contributed by atoms with Crippen molar-refractivity contribution >= 4 is 11.6 Å². The van der Waals surface area contributed by atoms with Gasteiger partial charge in [-0.3, -0.25) is 9.59 Å². The molecule has 1 atom stereocenters. The van der Waals surface area contributed by atoms with Crippen molar-refractivity contribution in [2.75, 3.05) is 0 Å². The molecule has 0 saturated carbocycles. The van der Waals surface area contributed by atoms with Gasteiger partial charge in [0.1, 0.15) is 5.76 Å². The fourth-order valence-corrected chi connectivity index (χ4v) is 1.80. The van der Waals surface area contributed by atoms with Gasteiger partial charge in [-0.15, -0.1) is 0 Å². The van der Waals surface area contributed by atoms with Gasteiger partial charge < -0.3 is 5.11 Å². The lowest BCUT2D eigenvalue weighted by atomic mass is 9.84. The standard InChI is InChI=1S/C14H12O3/c1-9(15)2-3-10-4-5-11-7-12(16)8-14(17)13(11)6-10/h2-8,13,16H,1H3/b3-2+. The van der Waals surface area contributed by atoms with Gasteiger partial charge >= 0.3 is 0 Å². The Kier molecular flexibility index (Phi) is 2.91. The first-order valence-electron chi connectivity index (χ1n) is 5.31. The molecule has 0 amide bonds. The van der Waals surface area contributed by atoms with Crippen LogP contribution in [-0.2, 0) is 9.59 Å². The van der Waals surface area contributed by atoms with E-state index in [9.17, 15) is 14.7 Å². The number of allylic oxidation sites excluding steroid dienone is 9. The third-order valence-corrected chi connectivity index (χ3v) is 2.61. The van der Waals surface area contributed by atoms with Gasteiger partial charge in [-0.1, -0.05) is 24.3 Å². The summed E-state index contributed by atoms with van der Waals surface area (Å²) in [6.07, 6.45) is 11.3. The summed E-state index contributed by atoms with van der Waals surface area (Å²) < 4.78 is 0. The summed E-state index contributed by atoms with van der Waals surface area (Å²) >= 11 is 0. The van der Waals surface area contributed by atoms with E-state index in [-0.39, 0.29) is 23.2 Å². The Balaban J connectivity index is 2.27. The molecular weight excluding hydrogens is 216 g/mol. The van der Waals surface area contributed by atoms with Crippen molar-refractivity contribution in [3.63, 3.8) is 0 Å². The molecule has 3 nitrogen and oxygen atoms in total. The maximum absolute atomic E-state index is 11.7. The number of hydrogen-bond donors (Lipinski definition) is 1. The van der Waals surface area contributed by atoms with Crippen LogP contribution in [0, 0.1) is 5.92 Å². The SMILES string of the molecule is CC(=O)/C=C/C1=CC2C(=O)C=C(O)C=C2C=C1. The lowest BCUT2D eigenvalue weighted by molar-refractivity contribution is -0.116. The number of ketones is 2. The van der Waals surface area contributed by atoms with E-state index in [1.165, 1.54) is 19.1 Å². The van der Waals surface area contributed by atoms with Gasteiger partial charge in [-0.25, -0.2) is 0 Å². The van der Waals surface area contributed by atoms with Crippen LogP contribution in [0.5, 0.6) is 0 Å². The summed E-state index contributed by atoms with van der Waals surface area (Å²) in [5.41, 5.74) is 1.60. The monoisotopic (exact) mass is 228 g/mol. The Morgan fingerprint density at radius 3 is 2.82 bits per heavy atom. The zero-order valence-corrected chi connectivity index (χ0v) is 9.38. The van der Waals surface area contributed by atoms with E-state index in [1.54, 1.807) is 24.3 Å². The van der Waals surface area contributed by atoms with Crippen molar-refractivity contribution in [3.8, 4) is 0 Å². The molecule has 2 aliphatic rings. The van der Waals surface area contributed by atoms with Crippen LogP contribution < -0.4 is 0 Å². The molecule has 17 heavy (non-hydrogen) atoms. The van der Waals surface area contributed by atoms with Gasteiger partial charge in [0.2, 0.25) is 0 Å². The summed E-state index contributed by atoms with van der Waals surface area (Å²) in [4.78, 5) is 22.5. The Labute approximate surface area is 99.1 Å². The predicted molar refractivity (Wildman–Crippen MR) is 64.3 cm³/mol. The molecule has 2 rings (SSSR count). The highest BCUT2D eigenvalue weighted by Gasteiger charge is 2.24. The van der Waals surface area contributed by atoms with Gasteiger partial charge in [0.15, 0.2) is 11.6 Å². The Bertz CT molecular complexity index is 528. The third kappa shape index (κ3) is 2.50. The molecule has 1 unspecified atom stereocenters. The molecule has 0 aromatic carbocycles. The first-order valence-corrected chi connectivity index (χ1v) is 5.31. The second-order valence-electron chi connectivity index (χ2n) is 4.04. The van der Waals surface area contributed by atoms with Gasteiger partial charge in [0.25, 0.3) is 0 Å². The van der Waals surface area contributed by atoms with E-state index >= 15 is 0 Å². The number of aliphatic hydroxyl groups excluding tert-OH is 1. The second kappa shape index (κ2) is 4.37. The van der Waals surface area contributed by atoms with Gasteiger partial charge in [-0.2, -0.15) is 0 Å². The fourth-order valence-electron chi connectivity index (χ4n) is 1.80. The molecule has 3 heteroatoms. The van der Waals surface area contributed by atoms with Crippen LogP contribution in [0.15, 0.2) is 59.4 Å². The molecule has 86 valence electrons. The lowest BCUT2D eigenvalue weighted by Gasteiger charge is -2.19. The van der Waals surface area contributed by atoms with Crippen molar-refractivity contribution in [2.24, 2.45) is 5.92 Å². The number of rotatable bonds is 2. The molecular formula is C14H12O3. The van der Waals surface area contributed by atoms with Gasteiger partial charge in [0.05, 0.1) is 5.92 Å². The van der Waals surface area contributed by atoms with E-state index in [2.05, 4.69) is 0 Å². The number of carbonyl (C=O) groups excluding carboxylic acids is 2. The maximum atomic E-state index is 11.7. The summed E-state index contributed by atoms with van der Waals surface area (Å²) in [5.74, 6) is -0.532. The zero-order valence-electron chi connectivity index (χ0n) is 9.38. The summed E-state index contributed by atoms with van der Waals surface area (Å²) in [6.45, 7) is 1.47.